The Hall–Kier alpha value is -1.75. The minimum Gasteiger partial charge on any atom is -0.462 e. The largest absolute Gasteiger partial charge is 0.462 e. The second-order valence-electron chi connectivity index (χ2n) is 3.95. The molecule has 0 amide bonds. The molecule has 0 aromatic heterocycles. The van der Waals surface area contributed by atoms with Crippen molar-refractivity contribution in [1.82, 2.24) is 0 Å². The molecule has 1 aromatic carbocycles. The predicted molar refractivity (Wildman–Crippen MR) is 73.8 cm³/mol. The first-order valence-corrected chi connectivity index (χ1v) is 6.53. The molecule has 0 unspecified atom stereocenters. The van der Waals surface area contributed by atoms with Gasteiger partial charge >= 0.3 is 5.97 Å². The van der Waals surface area contributed by atoms with Gasteiger partial charge in [0.25, 0.3) is 0 Å². The summed E-state index contributed by atoms with van der Waals surface area (Å²) in [5.41, 5.74) is 6.30. The SMILES string of the molecule is N/C(=N\O)c1cccc(C(=O)OCCCCCCl)c1. The molecule has 0 aliphatic heterocycles. The Labute approximate surface area is 117 Å². The van der Waals surface area contributed by atoms with Gasteiger partial charge in [-0.1, -0.05) is 17.3 Å². The highest BCUT2D eigenvalue weighted by Gasteiger charge is 2.09. The Morgan fingerprint density at radius 1 is 1.32 bits per heavy atom. The van der Waals surface area contributed by atoms with Crippen molar-refractivity contribution < 1.29 is 14.7 Å². The van der Waals surface area contributed by atoms with E-state index in [4.69, 9.17) is 27.3 Å². The van der Waals surface area contributed by atoms with Gasteiger partial charge < -0.3 is 15.7 Å². The Morgan fingerprint density at radius 2 is 2.05 bits per heavy atom. The lowest BCUT2D eigenvalue weighted by Gasteiger charge is -2.05. The van der Waals surface area contributed by atoms with Gasteiger partial charge in [-0.25, -0.2) is 4.79 Å². The van der Waals surface area contributed by atoms with E-state index in [1.54, 1.807) is 18.2 Å². The fourth-order valence-electron chi connectivity index (χ4n) is 1.48. The number of carbonyl (C=O) groups is 1. The normalized spacial score (nSPS) is 11.3. The number of halogens is 1. The van der Waals surface area contributed by atoms with Crippen molar-refractivity contribution in [3.05, 3.63) is 35.4 Å². The van der Waals surface area contributed by atoms with Crippen LogP contribution in [0.15, 0.2) is 29.4 Å². The summed E-state index contributed by atoms with van der Waals surface area (Å²) in [6, 6.07) is 6.44. The Balaban J connectivity index is 2.53. The molecule has 1 rings (SSSR count). The number of esters is 1. The molecule has 3 N–H and O–H groups in total. The van der Waals surface area contributed by atoms with Crippen LogP contribution in [0.3, 0.4) is 0 Å². The fraction of sp³-hybridized carbons (Fsp3) is 0.385. The van der Waals surface area contributed by atoms with Gasteiger partial charge in [-0.2, -0.15) is 0 Å². The molecule has 0 heterocycles. The molecular formula is C13H17ClN2O3. The molecule has 19 heavy (non-hydrogen) atoms. The van der Waals surface area contributed by atoms with Gasteiger partial charge in [0, 0.05) is 11.4 Å². The molecule has 0 aliphatic rings. The van der Waals surface area contributed by atoms with Crippen LogP contribution in [0.1, 0.15) is 35.2 Å². The average molecular weight is 285 g/mol. The van der Waals surface area contributed by atoms with Gasteiger partial charge in [0.15, 0.2) is 5.84 Å². The number of unbranched alkanes of at least 4 members (excludes halogenated alkanes) is 2. The van der Waals surface area contributed by atoms with Gasteiger partial charge in [0.05, 0.1) is 12.2 Å². The Kier molecular flexibility index (Phi) is 6.74. The number of rotatable bonds is 7. The maximum Gasteiger partial charge on any atom is 0.338 e. The monoisotopic (exact) mass is 284 g/mol. The summed E-state index contributed by atoms with van der Waals surface area (Å²) in [6.45, 7) is 0.365. The quantitative estimate of drug-likeness (QED) is 0.153. The first kappa shape index (κ1) is 15.3. The third-order valence-corrected chi connectivity index (χ3v) is 2.78. The lowest BCUT2D eigenvalue weighted by atomic mass is 10.1. The number of hydrogen-bond acceptors (Lipinski definition) is 4. The fourth-order valence-corrected chi connectivity index (χ4v) is 1.67. The van der Waals surface area contributed by atoms with Crippen molar-refractivity contribution in [2.75, 3.05) is 12.5 Å². The molecule has 5 nitrogen and oxygen atoms in total. The summed E-state index contributed by atoms with van der Waals surface area (Å²) in [6.07, 6.45) is 2.64. The molecule has 0 fully saturated rings. The van der Waals surface area contributed by atoms with Crippen molar-refractivity contribution in [2.45, 2.75) is 19.3 Å². The van der Waals surface area contributed by atoms with Crippen molar-refractivity contribution >= 4 is 23.4 Å². The second-order valence-corrected chi connectivity index (χ2v) is 4.33. The molecule has 0 saturated carbocycles. The second kappa shape index (κ2) is 8.37. The van der Waals surface area contributed by atoms with Gasteiger partial charge in [-0.3, -0.25) is 0 Å². The standard InChI is InChI=1S/C13H17ClN2O3/c14-7-2-1-3-8-19-13(17)11-6-4-5-10(9-11)12(15)16-18/h4-6,9,18H,1-3,7-8H2,(H2,15,16). The number of hydrogen-bond donors (Lipinski definition) is 2. The summed E-state index contributed by atoms with van der Waals surface area (Å²) in [5.74, 6) is 0.158. The lowest BCUT2D eigenvalue weighted by molar-refractivity contribution is 0.0498. The first-order chi connectivity index (χ1) is 9.19. The highest BCUT2D eigenvalue weighted by molar-refractivity contribution is 6.17. The zero-order valence-corrected chi connectivity index (χ0v) is 11.3. The molecule has 0 bridgehead atoms. The minimum absolute atomic E-state index is 0.0447. The smallest absolute Gasteiger partial charge is 0.338 e. The van der Waals surface area contributed by atoms with Crippen LogP contribution < -0.4 is 5.73 Å². The van der Waals surface area contributed by atoms with Crippen molar-refractivity contribution in [1.29, 1.82) is 0 Å². The summed E-state index contributed by atoms with van der Waals surface area (Å²) < 4.78 is 5.12. The number of oxime groups is 1. The number of ether oxygens (including phenoxy) is 1. The van der Waals surface area contributed by atoms with Gasteiger partial charge in [0.2, 0.25) is 0 Å². The van der Waals surface area contributed by atoms with E-state index in [0.29, 0.717) is 23.6 Å². The highest BCUT2D eigenvalue weighted by Crippen LogP contribution is 2.07. The molecule has 1 aromatic rings. The van der Waals surface area contributed by atoms with Crippen molar-refractivity contribution in [3.63, 3.8) is 0 Å². The average Bonchev–Trinajstić information content (AvgIpc) is 2.46. The Morgan fingerprint density at radius 3 is 2.74 bits per heavy atom. The van der Waals surface area contributed by atoms with E-state index in [-0.39, 0.29) is 5.84 Å². The van der Waals surface area contributed by atoms with E-state index in [2.05, 4.69) is 5.16 Å². The van der Waals surface area contributed by atoms with Crippen molar-refractivity contribution in [2.24, 2.45) is 10.9 Å². The van der Waals surface area contributed by atoms with Crippen LogP contribution in [0, 0.1) is 0 Å². The zero-order valence-electron chi connectivity index (χ0n) is 10.5. The van der Waals surface area contributed by atoms with Gasteiger partial charge in [-0.05, 0) is 31.4 Å². The summed E-state index contributed by atoms with van der Waals surface area (Å²) in [7, 11) is 0. The molecule has 6 heteroatoms. The van der Waals surface area contributed by atoms with E-state index in [1.165, 1.54) is 6.07 Å². The number of benzene rings is 1. The summed E-state index contributed by atoms with van der Waals surface area (Å²) >= 11 is 5.55. The molecule has 0 radical (unpaired) electrons. The van der Waals surface area contributed by atoms with E-state index in [9.17, 15) is 4.79 Å². The van der Waals surface area contributed by atoms with E-state index in [0.717, 1.165) is 19.3 Å². The summed E-state index contributed by atoms with van der Waals surface area (Å²) in [5, 5.41) is 11.5. The first-order valence-electron chi connectivity index (χ1n) is 6.00. The maximum absolute atomic E-state index is 11.7. The third-order valence-electron chi connectivity index (χ3n) is 2.51. The number of carbonyl (C=O) groups excluding carboxylic acids is 1. The van der Waals surface area contributed by atoms with Gasteiger partial charge in [0.1, 0.15) is 0 Å². The third kappa shape index (κ3) is 5.18. The molecule has 0 saturated heterocycles. The minimum atomic E-state index is -0.418. The molecule has 0 atom stereocenters. The summed E-state index contributed by atoms with van der Waals surface area (Å²) in [4.78, 5) is 11.7. The van der Waals surface area contributed by atoms with Crippen LogP contribution in [0.25, 0.3) is 0 Å². The van der Waals surface area contributed by atoms with Crippen LogP contribution in [-0.4, -0.2) is 29.5 Å². The van der Waals surface area contributed by atoms with Crippen LogP contribution in [0.2, 0.25) is 0 Å². The van der Waals surface area contributed by atoms with E-state index < -0.39 is 5.97 Å². The number of nitrogens with two attached hydrogens (primary N) is 1. The number of nitrogens with zero attached hydrogens (tertiary/aromatic N) is 1. The topological polar surface area (TPSA) is 84.9 Å². The van der Waals surface area contributed by atoms with Crippen LogP contribution in [-0.2, 0) is 4.74 Å². The van der Waals surface area contributed by atoms with E-state index >= 15 is 0 Å². The highest BCUT2D eigenvalue weighted by atomic mass is 35.5. The zero-order chi connectivity index (χ0) is 14.1. The van der Waals surface area contributed by atoms with Crippen LogP contribution in [0.5, 0.6) is 0 Å². The molecule has 0 aliphatic carbocycles. The Bertz CT molecular complexity index is 449. The number of alkyl halides is 1. The number of amidine groups is 1. The van der Waals surface area contributed by atoms with Crippen molar-refractivity contribution in [3.8, 4) is 0 Å². The molecular weight excluding hydrogens is 268 g/mol. The molecule has 104 valence electrons. The van der Waals surface area contributed by atoms with E-state index in [1.807, 2.05) is 0 Å². The lowest BCUT2D eigenvalue weighted by Crippen LogP contribution is -2.14. The molecule has 0 spiro atoms. The predicted octanol–water partition coefficient (Wildman–Crippen LogP) is 2.35. The van der Waals surface area contributed by atoms with Crippen LogP contribution in [0.4, 0.5) is 0 Å². The van der Waals surface area contributed by atoms with Crippen LogP contribution >= 0.6 is 11.6 Å². The van der Waals surface area contributed by atoms with Gasteiger partial charge in [-0.15, -0.1) is 11.6 Å². The maximum atomic E-state index is 11.7.